The minimum atomic E-state index is 0.925. The van der Waals surface area contributed by atoms with Crippen LogP contribution in [-0.4, -0.2) is 19.4 Å². The lowest BCUT2D eigenvalue weighted by atomic mass is 9.94. The summed E-state index contributed by atoms with van der Waals surface area (Å²) >= 11 is 0. The molecule has 0 saturated heterocycles. The number of benzene rings is 3. The Bertz CT molecular complexity index is 2070. The zero-order chi connectivity index (χ0) is 22.7. The molecule has 0 amide bonds. The third-order valence-electron chi connectivity index (χ3n) is 7.99. The molecule has 0 N–H and O–H groups in total. The van der Waals surface area contributed by atoms with Crippen molar-refractivity contribution in [3.05, 3.63) is 108 Å². The second-order valence-electron chi connectivity index (χ2n) is 9.66. The van der Waals surface area contributed by atoms with Gasteiger partial charge in [0.25, 0.3) is 0 Å². The second kappa shape index (κ2) is 6.10. The van der Waals surface area contributed by atoms with Gasteiger partial charge in [0.05, 0.1) is 17.2 Å². The van der Waals surface area contributed by atoms with E-state index in [-0.39, 0.29) is 0 Å². The Morgan fingerprint density at radius 2 is 1.57 bits per heavy atom. The molecule has 162 valence electrons. The molecule has 0 unspecified atom stereocenters. The van der Waals surface area contributed by atoms with Gasteiger partial charge in [-0.05, 0) is 80.9 Å². The number of nitrogens with zero attached hydrogens (tertiary/aromatic N) is 4. The van der Waals surface area contributed by atoms with E-state index in [0.717, 1.165) is 40.6 Å². The zero-order valence-corrected chi connectivity index (χ0v) is 18.8. The van der Waals surface area contributed by atoms with Crippen molar-refractivity contribution in [2.45, 2.75) is 12.8 Å². The fourth-order valence-corrected chi connectivity index (χ4v) is 6.57. The molecule has 0 fully saturated rings. The Balaban J connectivity index is 1.44. The first-order valence-corrected chi connectivity index (χ1v) is 12.0. The molecule has 4 heteroatoms. The molecule has 0 aliphatic heterocycles. The Kier molecular flexibility index (Phi) is 3.11. The third-order valence-corrected chi connectivity index (χ3v) is 7.99. The Labute approximate surface area is 200 Å². The molecule has 9 rings (SSSR count). The summed E-state index contributed by atoms with van der Waals surface area (Å²) in [5.74, 6) is 0. The lowest BCUT2D eigenvalue weighted by Crippen LogP contribution is -1.96. The Morgan fingerprint density at radius 3 is 2.57 bits per heavy atom. The minimum Gasteiger partial charge on any atom is -0.274 e. The van der Waals surface area contributed by atoms with Crippen LogP contribution < -0.4 is 0 Å². The van der Waals surface area contributed by atoms with Crippen LogP contribution in [0, 0.1) is 0 Å². The van der Waals surface area contributed by atoms with Crippen LogP contribution in [0.1, 0.15) is 22.3 Å². The van der Waals surface area contributed by atoms with E-state index < -0.39 is 0 Å². The summed E-state index contributed by atoms with van der Waals surface area (Å²) in [6.45, 7) is 0. The molecule has 2 aliphatic carbocycles. The van der Waals surface area contributed by atoms with E-state index in [1.807, 2.05) is 30.7 Å². The fraction of sp³-hybridized carbons (Fsp3) is 0.0645. The highest BCUT2D eigenvalue weighted by Gasteiger charge is 2.30. The summed E-state index contributed by atoms with van der Waals surface area (Å²) in [5, 5.41) is 3.60. The van der Waals surface area contributed by atoms with Gasteiger partial charge >= 0.3 is 0 Å². The molecule has 0 radical (unpaired) electrons. The number of rotatable bonds is 0. The van der Waals surface area contributed by atoms with Crippen LogP contribution in [0.3, 0.4) is 0 Å². The predicted octanol–water partition coefficient (Wildman–Crippen LogP) is 6.73. The first kappa shape index (κ1) is 17.8. The van der Waals surface area contributed by atoms with Crippen LogP contribution in [0.5, 0.6) is 0 Å². The van der Waals surface area contributed by atoms with Gasteiger partial charge in [-0.25, -0.2) is 9.97 Å². The van der Waals surface area contributed by atoms with Crippen LogP contribution in [-0.2, 0) is 12.8 Å². The van der Waals surface area contributed by atoms with Crippen molar-refractivity contribution in [2.24, 2.45) is 0 Å². The molecule has 35 heavy (non-hydrogen) atoms. The molecule has 4 heterocycles. The summed E-state index contributed by atoms with van der Waals surface area (Å²) in [5.41, 5.74) is 15.1. The van der Waals surface area contributed by atoms with Crippen molar-refractivity contribution in [1.29, 1.82) is 0 Å². The first-order valence-electron chi connectivity index (χ1n) is 12.0. The summed E-state index contributed by atoms with van der Waals surface area (Å²) < 4.78 is 2.20. The van der Waals surface area contributed by atoms with Gasteiger partial charge in [0.2, 0.25) is 0 Å². The maximum Gasteiger partial charge on any atom is 0.147 e. The number of pyridine rings is 3. The molecule has 0 spiro atoms. The third kappa shape index (κ3) is 2.11. The highest BCUT2D eigenvalue weighted by atomic mass is 15.1. The van der Waals surface area contributed by atoms with Crippen molar-refractivity contribution >= 4 is 38.5 Å². The number of hydrogen-bond acceptors (Lipinski definition) is 3. The lowest BCUT2D eigenvalue weighted by molar-refractivity contribution is 1.21. The van der Waals surface area contributed by atoms with E-state index in [1.165, 1.54) is 55.3 Å². The molecule has 3 aromatic carbocycles. The van der Waals surface area contributed by atoms with Gasteiger partial charge in [-0.1, -0.05) is 48.5 Å². The van der Waals surface area contributed by atoms with Gasteiger partial charge in [0, 0.05) is 23.2 Å². The normalized spacial score (nSPS) is 13.5. The van der Waals surface area contributed by atoms with Gasteiger partial charge in [0.1, 0.15) is 11.3 Å². The van der Waals surface area contributed by atoms with Crippen molar-refractivity contribution < 1.29 is 0 Å². The fourth-order valence-electron chi connectivity index (χ4n) is 6.57. The van der Waals surface area contributed by atoms with Gasteiger partial charge in [-0.15, -0.1) is 0 Å². The van der Waals surface area contributed by atoms with Gasteiger partial charge < -0.3 is 0 Å². The van der Waals surface area contributed by atoms with Crippen LogP contribution in [0.25, 0.3) is 60.7 Å². The second-order valence-corrected chi connectivity index (χ2v) is 9.66. The molecule has 4 nitrogen and oxygen atoms in total. The van der Waals surface area contributed by atoms with E-state index in [2.05, 4.69) is 64.0 Å². The summed E-state index contributed by atoms with van der Waals surface area (Å²) in [7, 11) is 0. The summed E-state index contributed by atoms with van der Waals surface area (Å²) in [6, 6.07) is 24.3. The number of fused-ring (bicyclic) bond motifs is 16. The highest BCUT2D eigenvalue weighted by Crippen LogP contribution is 2.50. The summed E-state index contributed by atoms with van der Waals surface area (Å²) in [6.07, 6.45) is 7.50. The van der Waals surface area contributed by atoms with E-state index in [9.17, 15) is 0 Å². The molecular formula is C31H18N4. The van der Waals surface area contributed by atoms with E-state index in [1.54, 1.807) is 0 Å². The molecule has 0 bridgehead atoms. The minimum absolute atomic E-state index is 0.925. The molecule has 7 aromatic rings. The quantitative estimate of drug-likeness (QED) is 0.243. The lowest BCUT2D eigenvalue weighted by Gasteiger charge is -2.12. The smallest absolute Gasteiger partial charge is 0.147 e. The standard InChI is InChI=1S/C31H18N4/c1-2-5-19-17(4-1)14-24-20(19)8-7-18-15-25-22(28(18)24)10-9-21-23-6-3-12-33-30(23)35-27-16-32-13-11-26(27)34-31(35)29(21)25/h1-13,16H,14-15H2. The van der Waals surface area contributed by atoms with E-state index >= 15 is 0 Å². The largest absolute Gasteiger partial charge is 0.274 e. The monoisotopic (exact) mass is 446 g/mol. The number of imidazole rings is 1. The first-order chi connectivity index (χ1) is 17.4. The van der Waals surface area contributed by atoms with Crippen molar-refractivity contribution in [1.82, 2.24) is 19.4 Å². The van der Waals surface area contributed by atoms with Gasteiger partial charge in [-0.2, -0.15) is 0 Å². The Morgan fingerprint density at radius 1 is 0.657 bits per heavy atom. The van der Waals surface area contributed by atoms with Crippen LogP contribution in [0.4, 0.5) is 0 Å². The SMILES string of the molecule is c1ccc2c(c1)Cc1c-2ccc2c1-c1ccc3c4cccnc4n4c5cnccc5nc4c3c1C2. The molecular weight excluding hydrogens is 428 g/mol. The highest BCUT2D eigenvalue weighted by molar-refractivity contribution is 6.16. The van der Waals surface area contributed by atoms with Gasteiger partial charge in [0.15, 0.2) is 0 Å². The van der Waals surface area contributed by atoms with Crippen molar-refractivity contribution in [3.8, 4) is 22.3 Å². The molecule has 0 atom stereocenters. The summed E-state index contributed by atoms with van der Waals surface area (Å²) in [4.78, 5) is 14.3. The van der Waals surface area contributed by atoms with Crippen LogP contribution in [0.2, 0.25) is 0 Å². The predicted molar refractivity (Wildman–Crippen MR) is 140 cm³/mol. The maximum absolute atomic E-state index is 5.12. The molecule has 0 saturated carbocycles. The van der Waals surface area contributed by atoms with Crippen molar-refractivity contribution in [2.75, 3.05) is 0 Å². The van der Waals surface area contributed by atoms with Crippen LogP contribution >= 0.6 is 0 Å². The average Bonchev–Trinajstić information content (AvgIpc) is 3.59. The van der Waals surface area contributed by atoms with Gasteiger partial charge in [-0.3, -0.25) is 9.38 Å². The average molecular weight is 447 g/mol. The Hall–Kier alpha value is -4.57. The molecule has 2 aliphatic rings. The maximum atomic E-state index is 5.12. The topological polar surface area (TPSA) is 43.1 Å². The van der Waals surface area contributed by atoms with Crippen molar-refractivity contribution in [3.63, 3.8) is 0 Å². The van der Waals surface area contributed by atoms with E-state index in [0.29, 0.717) is 0 Å². The number of hydrogen-bond donors (Lipinski definition) is 0. The molecule has 4 aromatic heterocycles. The zero-order valence-electron chi connectivity index (χ0n) is 18.8. The van der Waals surface area contributed by atoms with E-state index in [4.69, 9.17) is 9.97 Å². The number of aromatic nitrogens is 4. The van der Waals surface area contributed by atoms with Crippen LogP contribution in [0.15, 0.2) is 85.3 Å².